The molecule has 6 nitrogen and oxygen atoms in total. The molecule has 1 aliphatic carbocycles. The third-order valence-electron chi connectivity index (χ3n) is 7.52. The molecule has 0 spiro atoms. The van der Waals surface area contributed by atoms with Crippen molar-refractivity contribution < 1.29 is 14.6 Å². The Bertz CT molecular complexity index is 1330. The van der Waals surface area contributed by atoms with Gasteiger partial charge in [-0.15, -0.1) is 11.6 Å². The number of fused-ring (bicyclic) bond motifs is 2. The molecule has 3 aromatic rings. The topological polar surface area (TPSA) is 78.5 Å². The zero-order valence-corrected chi connectivity index (χ0v) is 22.2. The van der Waals surface area contributed by atoms with Gasteiger partial charge in [-0.05, 0) is 78.6 Å². The largest absolute Gasteiger partial charge is 0.485 e. The summed E-state index contributed by atoms with van der Waals surface area (Å²) in [4.78, 5) is 13.7. The lowest BCUT2D eigenvalue weighted by atomic mass is 9.90. The fourth-order valence-corrected chi connectivity index (χ4v) is 5.80. The fraction of sp³-hybridized carbons (Fsp3) is 0.429. The molecule has 1 fully saturated rings. The smallest absolute Gasteiger partial charge is 0.310 e. The Morgan fingerprint density at radius 2 is 2.03 bits per heavy atom. The van der Waals surface area contributed by atoms with E-state index in [9.17, 15) is 9.90 Å². The maximum atomic E-state index is 11.6. The highest BCUT2D eigenvalue weighted by Crippen LogP contribution is 2.38. The number of hydrogen-bond acceptors (Lipinski definition) is 4. The predicted molar refractivity (Wildman–Crippen MR) is 144 cm³/mol. The number of rotatable bonds is 7. The van der Waals surface area contributed by atoms with Crippen LogP contribution in [0.4, 0.5) is 0 Å². The van der Waals surface area contributed by atoms with Crippen LogP contribution in [0.3, 0.4) is 0 Å². The molecule has 1 saturated heterocycles. The van der Waals surface area contributed by atoms with Crippen LogP contribution in [0.25, 0.3) is 17.0 Å². The second-order valence-electron chi connectivity index (χ2n) is 10.6. The number of ether oxygens (including phenoxy) is 1. The number of carboxylic acids is 1. The van der Waals surface area contributed by atoms with Crippen LogP contribution in [0.2, 0.25) is 5.15 Å². The van der Waals surface area contributed by atoms with Gasteiger partial charge >= 0.3 is 5.97 Å². The molecular formula is C28H31Cl2N3O3. The lowest BCUT2D eigenvalue weighted by molar-refractivity contribution is -0.147. The van der Waals surface area contributed by atoms with E-state index in [2.05, 4.69) is 53.2 Å². The highest BCUT2D eigenvalue weighted by Gasteiger charge is 2.42. The lowest BCUT2D eigenvalue weighted by Gasteiger charge is -2.29. The molecule has 2 heterocycles. The van der Waals surface area contributed by atoms with Gasteiger partial charge in [0.2, 0.25) is 0 Å². The summed E-state index contributed by atoms with van der Waals surface area (Å²) in [5, 5.41) is 17.9. The van der Waals surface area contributed by atoms with Gasteiger partial charge in [0.15, 0.2) is 5.15 Å². The molecule has 5 rings (SSSR count). The molecule has 3 unspecified atom stereocenters. The summed E-state index contributed by atoms with van der Waals surface area (Å²) in [7, 11) is 0. The first-order chi connectivity index (χ1) is 17.1. The van der Waals surface area contributed by atoms with Crippen molar-refractivity contribution in [2.75, 3.05) is 13.1 Å². The first-order valence-electron chi connectivity index (χ1n) is 12.4. The van der Waals surface area contributed by atoms with Crippen molar-refractivity contribution >= 4 is 46.2 Å². The number of aromatic amines is 1. The molecule has 1 aliphatic heterocycles. The molecule has 2 aromatic carbocycles. The molecule has 190 valence electrons. The van der Waals surface area contributed by atoms with Gasteiger partial charge < -0.3 is 9.84 Å². The monoisotopic (exact) mass is 527 g/mol. The van der Waals surface area contributed by atoms with Crippen molar-refractivity contribution in [2.24, 2.45) is 11.3 Å². The molecule has 3 atom stereocenters. The number of halogens is 2. The molecule has 0 amide bonds. The lowest BCUT2D eigenvalue weighted by Crippen LogP contribution is -2.36. The minimum Gasteiger partial charge on any atom is -0.485 e. The molecule has 0 saturated carbocycles. The van der Waals surface area contributed by atoms with E-state index >= 15 is 0 Å². The van der Waals surface area contributed by atoms with Crippen LogP contribution in [-0.2, 0) is 11.2 Å². The Hall–Kier alpha value is -2.54. The highest BCUT2D eigenvalue weighted by atomic mass is 35.5. The van der Waals surface area contributed by atoms with Gasteiger partial charge in [-0.3, -0.25) is 14.8 Å². The summed E-state index contributed by atoms with van der Waals surface area (Å²) in [5.41, 5.74) is 4.46. The fourth-order valence-electron chi connectivity index (χ4n) is 5.26. The third-order valence-corrected chi connectivity index (χ3v) is 8.37. The molecular weight excluding hydrogens is 497 g/mol. The quantitative estimate of drug-likeness (QED) is 0.264. The van der Waals surface area contributed by atoms with Crippen molar-refractivity contribution in [1.29, 1.82) is 0 Å². The number of carboxylic acid groups (broad SMARTS) is 1. The molecule has 2 aliphatic rings. The first-order valence-corrected chi connectivity index (χ1v) is 13.2. The number of hydrogen-bond donors (Lipinski definition) is 2. The Labute approximate surface area is 221 Å². The third kappa shape index (κ3) is 4.74. The number of nitrogens with zero attached hydrogens (tertiary/aromatic N) is 2. The number of aryl methyl sites for hydroxylation is 1. The summed E-state index contributed by atoms with van der Waals surface area (Å²) in [6.45, 7) is 7.26. The van der Waals surface area contributed by atoms with Crippen LogP contribution in [-0.4, -0.2) is 44.8 Å². The Morgan fingerprint density at radius 3 is 2.75 bits per heavy atom. The average molecular weight is 528 g/mol. The van der Waals surface area contributed by atoms with Crippen molar-refractivity contribution in [1.82, 2.24) is 15.1 Å². The number of nitrogens with one attached hydrogen (secondary N) is 1. The number of aromatic nitrogens is 2. The summed E-state index contributed by atoms with van der Waals surface area (Å²) in [6, 6.07) is 12.3. The van der Waals surface area contributed by atoms with E-state index in [0.717, 1.165) is 46.2 Å². The average Bonchev–Trinajstić information content (AvgIpc) is 3.45. The standard InChI is InChI=1S/C28H31Cl2N3O3/c1-16(2)24(19-7-9-23-22(14-19)25(29)32-31-23)36-21-8-6-17-12-20(5-4-18(17)13-21)26(30)33-11-10-28(3,15-33)27(34)35/h6-9,12-14,16,24,26H,4-5,10-11,15H2,1-3H3,(H,31,32)(H,34,35). The molecule has 8 heteroatoms. The number of likely N-dealkylation sites (tertiary alicyclic amines) is 1. The van der Waals surface area contributed by atoms with Crippen LogP contribution in [0.15, 0.2) is 42.0 Å². The minimum atomic E-state index is -0.753. The Balaban J connectivity index is 1.33. The van der Waals surface area contributed by atoms with Gasteiger partial charge in [-0.1, -0.05) is 43.7 Å². The SMILES string of the molecule is CC(C)C(Oc1ccc2c(c1)CCC(C(Cl)N1CCC(C)(C(=O)O)C1)=C2)c1ccc2[nH]nc(Cl)c2c1. The van der Waals surface area contributed by atoms with E-state index in [4.69, 9.17) is 27.9 Å². The Morgan fingerprint density at radius 1 is 1.22 bits per heavy atom. The normalized spacial score (nSPS) is 21.9. The van der Waals surface area contributed by atoms with Gasteiger partial charge in [0.05, 0.1) is 10.9 Å². The van der Waals surface area contributed by atoms with Crippen LogP contribution >= 0.6 is 23.2 Å². The van der Waals surface area contributed by atoms with Crippen molar-refractivity contribution in [2.45, 2.75) is 51.6 Å². The number of carbonyl (C=O) groups is 1. The Kier molecular flexibility index (Phi) is 6.79. The maximum absolute atomic E-state index is 11.6. The van der Waals surface area contributed by atoms with Crippen LogP contribution in [0.5, 0.6) is 5.75 Å². The summed E-state index contributed by atoms with van der Waals surface area (Å²) in [6.07, 6.45) is 4.36. The summed E-state index contributed by atoms with van der Waals surface area (Å²) in [5.74, 6) is 0.336. The second kappa shape index (κ2) is 9.73. The van der Waals surface area contributed by atoms with Crippen molar-refractivity contribution in [3.05, 3.63) is 63.8 Å². The molecule has 0 radical (unpaired) electrons. The summed E-state index contributed by atoms with van der Waals surface area (Å²) >= 11 is 13.1. The van der Waals surface area contributed by atoms with E-state index in [-0.39, 0.29) is 17.5 Å². The molecule has 2 N–H and O–H groups in total. The van der Waals surface area contributed by atoms with E-state index in [0.29, 0.717) is 24.7 Å². The van der Waals surface area contributed by atoms with Crippen molar-refractivity contribution in [3.8, 4) is 5.75 Å². The van der Waals surface area contributed by atoms with E-state index in [1.165, 1.54) is 5.56 Å². The second-order valence-corrected chi connectivity index (χ2v) is 11.4. The number of H-pyrrole nitrogens is 1. The number of benzene rings is 2. The number of aliphatic carboxylic acids is 1. The van der Waals surface area contributed by atoms with Gasteiger partial charge in [0.1, 0.15) is 17.4 Å². The van der Waals surface area contributed by atoms with E-state index in [1.54, 1.807) is 6.92 Å². The van der Waals surface area contributed by atoms with E-state index in [1.807, 2.05) is 18.2 Å². The van der Waals surface area contributed by atoms with Gasteiger partial charge in [-0.2, -0.15) is 5.10 Å². The predicted octanol–water partition coefficient (Wildman–Crippen LogP) is 6.68. The first kappa shape index (κ1) is 25.1. The van der Waals surface area contributed by atoms with Crippen LogP contribution in [0.1, 0.15) is 56.4 Å². The minimum absolute atomic E-state index is 0.126. The molecule has 0 bridgehead atoms. The zero-order valence-electron chi connectivity index (χ0n) is 20.7. The molecule has 1 aromatic heterocycles. The maximum Gasteiger partial charge on any atom is 0.310 e. The summed E-state index contributed by atoms with van der Waals surface area (Å²) < 4.78 is 6.51. The van der Waals surface area contributed by atoms with E-state index < -0.39 is 11.4 Å². The van der Waals surface area contributed by atoms with Crippen molar-refractivity contribution in [3.63, 3.8) is 0 Å². The van der Waals surface area contributed by atoms with Gasteiger partial charge in [-0.25, -0.2) is 0 Å². The van der Waals surface area contributed by atoms with Crippen LogP contribution in [0, 0.1) is 11.3 Å². The van der Waals surface area contributed by atoms with Gasteiger partial charge in [0.25, 0.3) is 0 Å². The number of alkyl halides is 1. The zero-order chi connectivity index (χ0) is 25.6. The molecule has 36 heavy (non-hydrogen) atoms. The van der Waals surface area contributed by atoms with Gasteiger partial charge in [0, 0.05) is 18.5 Å². The highest BCUT2D eigenvalue weighted by molar-refractivity contribution is 6.34. The van der Waals surface area contributed by atoms with Crippen LogP contribution < -0.4 is 4.74 Å².